The standard InChI is InChI=1S/C19H19N.C13H13N.C12H15N.C5H6/c1-2-7-15(8-3-1)13-20-14-16-9-6-11-17(16)18-10-4-5-12-19(18)20;1-3-7-12(8-4-1)11-14-13-9-5-2-6-10-13;1-2-7-12-11(5-1)10-6-3-4-9(10)8-13-12;1-2-4-5-3-1/h1-8,10-12,16-17H,9,13-14H2;1-10,14H,11H2;1-2,5,7,9-10,13H,3-4,6,8H2;1-4H,5H2. The number of benzene rings is 5. The van der Waals surface area contributed by atoms with Gasteiger partial charge in [0.15, 0.2) is 0 Å². The normalized spacial score (nSPS) is 21.0. The van der Waals surface area contributed by atoms with Gasteiger partial charge in [-0.1, -0.05) is 158 Å². The van der Waals surface area contributed by atoms with E-state index in [1.54, 1.807) is 5.56 Å². The van der Waals surface area contributed by atoms with E-state index in [2.05, 4.69) is 167 Å². The van der Waals surface area contributed by atoms with E-state index in [1.165, 1.54) is 66.8 Å². The van der Waals surface area contributed by atoms with Crippen LogP contribution in [0, 0.1) is 11.8 Å². The van der Waals surface area contributed by atoms with Gasteiger partial charge in [-0.15, -0.1) is 0 Å². The smallest absolute Gasteiger partial charge is 0.0429 e. The van der Waals surface area contributed by atoms with Crippen LogP contribution in [0.1, 0.15) is 66.2 Å². The van der Waals surface area contributed by atoms with Gasteiger partial charge in [0.05, 0.1) is 0 Å². The molecule has 4 atom stereocenters. The number of hydrogen-bond acceptors (Lipinski definition) is 3. The zero-order valence-electron chi connectivity index (χ0n) is 30.4. The van der Waals surface area contributed by atoms with Crippen LogP contribution in [0.25, 0.3) is 0 Å². The average Bonchev–Trinajstić information content (AvgIpc) is 4.04. The lowest BCUT2D eigenvalue weighted by atomic mass is 9.83. The second-order valence-corrected chi connectivity index (χ2v) is 14.4. The molecular weight excluding hydrogens is 631 g/mol. The minimum atomic E-state index is 0.637. The van der Waals surface area contributed by atoms with Crippen molar-refractivity contribution < 1.29 is 0 Å². The molecule has 0 bridgehead atoms. The molecule has 2 heterocycles. The summed E-state index contributed by atoms with van der Waals surface area (Å²) in [6, 6.07) is 49.1. The maximum Gasteiger partial charge on any atom is 0.0429 e. The van der Waals surface area contributed by atoms with E-state index in [4.69, 9.17) is 0 Å². The lowest BCUT2D eigenvalue weighted by Crippen LogP contribution is -2.35. The number of para-hydroxylation sites is 3. The molecule has 4 unspecified atom stereocenters. The monoisotopic (exact) mass is 683 g/mol. The Bertz CT molecular complexity index is 1850. The minimum Gasteiger partial charge on any atom is -0.385 e. The van der Waals surface area contributed by atoms with Gasteiger partial charge >= 0.3 is 0 Å². The Balaban J connectivity index is 0.000000116. The molecule has 0 saturated heterocycles. The molecule has 0 radical (unpaired) electrons. The third-order valence-electron chi connectivity index (χ3n) is 10.9. The Kier molecular flexibility index (Phi) is 12.4. The first-order chi connectivity index (χ1) is 25.8. The van der Waals surface area contributed by atoms with Crippen LogP contribution >= 0.6 is 0 Å². The highest BCUT2D eigenvalue weighted by atomic mass is 15.1. The molecule has 3 nitrogen and oxygen atoms in total. The van der Waals surface area contributed by atoms with Crippen LogP contribution < -0.4 is 15.5 Å². The van der Waals surface area contributed by atoms with Gasteiger partial charge in [-0.25, -0.2) is 0 Å². The van der Waals surface area contributed by atoms with Crippen molar-refractivity contribution in [2.45, 2.75) is 57.0 Å². The molecule has 52 heavy (non-hydrogen) atoms. The predicted molar refractivity (Wildman–Crippen MR) is 222 cm³/mol. The summed E-state index contributed by atoms with van der Waals surface area (Å²) in [5, 5.41) is 6.89. The van der Waals surface area contributed by atoms with Gasteiger partial charge in [0.25, 0.3) is 0 Å². The highest BCUT2D eigenvalue weighted by molar-refractivity contribution is 5.60. The molecular formula is C49H53N3. The summed E-state index contributed by atoms with van der Waals surface area (Å²) in [4.78, 5) is 2.55. The lowest BCUT2D eigenvalue weighted by molar-refractivity contribution is 0.474. The Hall–Kier alpha value is -5.28. The zero-order valence-corrected chi connectivity index (χ0v) is 30.4. The van der Waals surface area contributed by atoms with Gasteiger partial charge in [0.2, 0.25) is 0 Å². The van der Waals surface area contributed by atoms with Gasteiger partial charge < -0.3 is 15.5 Å². The van der Waals surface area contributed by atoms with Crippen LogP contribution in [0.3, 0.4) is 0 Å². The molecule has 5 aromatic rings. The molecule has 3 heteroatoms. The summed E-state index contributed by atoms with van der Waals surface area (Å²) in [5.74, 6) is 3.17. The van der Waals surface area contributed by atoms with Crippen molar-refractivity contribution in [3.05, 3.63) is 198 Å². The third-order valence-corrected chi connectivity index (χ3v) is 10.9. The minimum absolute atomic E-state index is 0.637. The fraction of sp³-hybridized carbons (Fsp3) is 0.265. The number of nitrogens with zero attached hydrogens (tertiary/aromatic N) is 1. The number of allylic oxidation sites excluding steroid dienone is 6. The summed E-state index contributed by atoms with van der Waals surface area (Å²) in [6.45, 7) is 4.26. The van der Waals surface area contributed by atoms with E-state index in [0.717, 1.165) is 43.0 Å². The molecule has 0 amide bonds. The van der Waals surface area contributed by atoms with Gasteiger partial charge in [-0.05, 0) is 90.0 Å². The molecule has 2 aliphatic heterocycles. The fourth-order valence-electron chi connectivity index (χ4n) is 8.30. The quantitative estimate of drug-likeness (QED) is 0.181. The summed E-state index contributed by atoms with van der Waals surface area (Å²) < 4.78 is 0. The number of hydrogen-bond donors (Lipinski definition) is 2. The first-order valence-corrected chi connectivity index (χ1v) is 19.3. The average molecular weight is 684 g/mol. The molecule has 1 fully saturated rings. The van der Waals surface area contributed by atoms with E-state index in [1.807, 2.05) is 24.3 Å². The predicted octanol–water partition coefficient (Wildman–Crippen LogP) is 12.2. The van der Waals surface area contributed by atoms with Crippen molar-refractivity contribution in [2.75, 3.05) is 28.6 Å². The maximum absolute atomic E-state index is 3.53. The molecule has 5 aromatic carbocycles. The van der Waals surface area contributed by atoms with Crippen molar-refractivity contribution in [3.63, 3.8) is 0 Å². The van der Waals surface area contributed by atoms with E-state index in [9.17, 15) is 0 Å². The van der Waals surface area contributed by atoms with Crippen LogP contribution in [-0.4, -0.2) is 13.1 Å². The molecule has 0 aromatic heterocycles. The van der Waals surface area contributed by atoms with Crippen molar-refractivity contribution >= 4 is 17.1 Å². The lowest BCUT2D eigenvalue weighted by Gasteiger charge is -2.38. The van der Waals surface area contributed by atoms with E-state index in [0.29, 0.717) is 5.92 Å². The zero-order chi connectivity index (χ0) is 35.2. The van der Waals surface area contributed by atoms with Gasteiger partial charge in [0.1, 0.15) is 0 Å². The Morgan fingerprint density at radius 1 is 0.615 bits per heavy atom. The molecule has 0 spiro atoms. The first-order valence-electron chi connectivity index (χ1n) is 19.3. The van der Waals surface area contributed by atoms with Crippen LogP contribution in [0.15, 0.2) is 176 Å². The number of rotatable bonds is 5. The largest absolute Gasteiger partial charge is 0.385 e. The van der Waals surface area contributed by atoms with Crippen LogP contribution in [-0.2, 0) is 13.1 Å². The number of anilines is 3. The van der Waals surface area contributed by atoms with Crippen molar-refractivity contribution in [2.24, 2.45) is 11.8 Å². The molecule has 264 valence electrons. The van der Waals surface area contributed by atoms with E-state index in [-0.39, 0.29) is 0 Å². The SMILES string of the molecule is C1=CC2c3ccccc3N(Cc3ccccc3)CC2C1.C1=CCC=C1.c1ccc(CNc2ccccc2)cc1.c1ccc2c(c1)NCC1CCCC21. The fourth-order valence-corrected chi connectivity index (χ4v) is 8.30. The van der Waals surface area contributed by atoms with E-state index >= 15 is 0 Å². The molecule has 3 aliphatic carbocycles. The summed E-state index contributed by atoms with van der Waals surface area (Å²) in [5.41, 5.74) is 9.74. The molecule has 5 aliphatic rings. The summed E-state index contributed by atoms with van der Waals surface area (Å²) in [6.07, 6.45) is 19.7. The highest BCUT2D eigenvalue weighted by Gasteiger charge is 2.34. The Morgan fingerprint density at radius 2 is 1.27 bits per heavy atom. The summed E-state index contributed by atoms with van der Waals surface area (Å²) >= 11 is 0. The van der Waals surface area contributed by atoms with Crippen molar-refractivity contribution in [1.82, 2.24) is 0 Å². The molecule has 1 saturated carbocycles. The van der Waals surface area contributed by atoms with Gasteiger partial charge in [0, 0.05) is 49.2 Å². The number of nitrogens with one attached hydrogen (secondary N) is 2. The topological polar surface area (TPSA) is 27.3 Å². The molecule has 10 rings (SSSR count). The van der Waals surface area contributed by atoms with Crippen molar-refractivity contribution in [3.8, 4) is 0 Å². The highest BCUT2D eigenvalue weighted by Crippen LogP contribution is 2.45. The summed E-state index contributed by atoms with van der Waals surface area (Å²) in [7, 11) is 0. The second kappa shape index (κ2) is 18.3. The van der Waals surface area contributed by atoms with Gasteiger partial charge in [-0.2, -0.15) is 0 Å². The first kappa shape index (κ1) is 35.1. The Morgan fingerprint density at radius 3 is 2.00 bits per heavy atom. The van der Waals surface area contributed by atoms with Crippen LogP contribution in [0.5, 0.6) is 0 Å². The van der Waals surface area contributed by atoms with Crippen LogP contribution in [0.4, 0.5) is 17.1 Å². The van der Waals surface area contributed by atoms with Crippen molar-refractivity contribution in [1.29, 1.82) is 0 Å². The number of fused-ring (bicyclic) bond motifs is 6. The third kappa shape index (κ3) is 9.33. The second-order valence-electron chi connectivity index (χ2n) is 14.4. The van der Waals surface area contributed by atoms with Crippen LogP contribution in [0.2, 0.25) is 0 Å². The maximum atomic E-state index is 3.53. The molecule has 2 N–H and O–H groups in total. The van der Waals surface area contributed by atoms with E-state index < -0.39 is 0 Å². The van der Waals surface area contributed by atoms with Gasteiger partial charge in [-0.3, -0.25) is 0 Å². The Labute approximate surface area is 311 Å².